The molecule has 1 N–H and O–H groups in total. The Labute approximate surface area is 197 Å². The molecule has 2 aromatic carbocycles. The van der Waals surface area contributed by atoms with Gasteiger partial charge >= 0.3 is 5.97 Å². The number of amides is 1. The lowest BCUT2D eigenvalue weighted by atomic mass is 9.97. The standard InChI is InChI=1S/C24H26N2O5S2/c1-15-16(2)32-23(21(15)24(28)31-3)25-22(27)18-10-12-26(13-11-18)33(29,30)20-9-8-17-6-4-5-7-19(17)14-20/h4-9,14,18H,10-13H2,1-3H3,(H,25,27). The van der Waals surface area contributed by atoms with E-state index in [1.807, 2.05) is 44.2 Å². The molecular weight excluding hydrogens is 460 g/mol. The van der Waals surface area contributed by atoms with Crippen LogP contribution in [0, 0.1) is 19.8 Å². The first-order valence-electron chi connectivity index (χ1n) is 10.7. The summed E-state index contributed by atoms with van der Waals surface area (Å²) in [6.45, 7) is 4.24. The Hall–Kier alpha value is -2.75. The minimum atomic E-state index is -3.64. The molecule has 1 fully saturated rings. The van der Waals surface area contributed by atoms with E-state index < -0.39 is 16.0 Å². The number of thiophene rings is 1. The fraction of sp³-hybridized carbons (Fsp3) is 0.333. The molecule has 7 nitrogen and oxygen atoms in total. The highest BCUT2D eigenvalue weighted by Crippen LogP contribution is 2.34. The predicted molar refractivity (Wildman–Crippen MR) is 129 cm³/mol. The van der Waals surface area contributed by atoms with E-state index in [0.717, 1.165) is 21.2 Å². The number of carbonyl (C=O) groups excluding carboxylic acids is 2. The lowest BCUT2D eigenvalue weighted by Crippen LogP contribution is -2.41. The molecule has 0 spiro atoms. The molecular formula is C24H26N2O5S2. The number of rotatable bonds is 5. The zero-order valence-corrected chi connectivity index (χ0v) is 20.4. The van der Waals surface area contributed by atoms with Gasteiger partial charge in [-0.3, -0.25) is 4.79 Å². The number of nitrogens with one attached hydrogen (secondary N) is 1. The van der Waals surface area contributed by atoms with Crippen LogP contribution in [0.15, 0.2) is 47.4 Å². The number of fused-ring (bicyclic) bond motifs is 1. The lowest BCUT2D eigenvalue weighted by molar-refractivity contribution is -0.120. The fourth-order valence-corrected chi connectivity index (χ4v) is 6.67. The van der Waals surface area contributed by atoms with E-state index in [-0.39, 0.29) is 29.8 Å². The van der Waals surface area contributed by atoms with Gasteiger partial charge in [0.2, 0.25) is 15.9 Å². The molecule has 1 amide bonds. The molecule has 1 aliphatic heterocycles. The number of ether oxygens (including phenoxy) is 1. The maximum atomic E-state index is 13.2. The van der Waals surface area contributed by atoms with Gasteiger partial charge in [-0.1, -0.05) is 30.3 Å². The Bertz CT molecular complexity index is 1320. The first-order valence-corrected chi connectivity index (χ1v) is 13.0. The predicted octanol–water partition coefficient (Wildman–Crippen LogP) is 4.34. The van der Waals surface area contributed by atoms with Gasteiger partial charge in [0, 0.05) is 23.9 Å². The van der Waals surface area contributed by atoms with Crippen molar-refractivity contribution >= 4 is 49.0 Å². The summed E-state index contributed by atoms with van der Waals surface area (Å²) in [6, 6.07) is 12.8. The van der Waals surface area contributed by atoms with Gasteiger partial charge in [0.15, 0.2) is 0 Å². The summed E-state index contributed by atoms with van der Waals surface area (Å²) in [5, 5.41) is 5.21. The largest absolute Gasteiger partial charge is 0.465 e. The molecule has 9 heteroatoms. The average Bonchev–Trinajstić information content (AvgIpc) is 3.10. The first kappa shape index (κ1) is 23.4. The molecule has 3 aromatic rings. The number of sulfonamides is 1. The van der Waals surface area contributed by atoms with Crippen molar-refractivity contribution in [1.29, 1.82) is 0 Å². The number of nitrogens with zero attached hydrogens (tertiary/aromatic N) is 1. The van der Waals surface area contributed by atoms with Gasteiger partial charge in [-0.25, -0.2) is 13.2 Å². The molecule has 0 radical (unpaired) electrons. The number of anilines is 1. The van der Waals surface area contributed by atoms with Crippen LogP contribution in [0.3, 0.4) is 0 Å². The highest BCUT2D eigenvalue weighted by atomic mass is 32.2. The molecule has 0 aliphatic carbocycles. The van der Waals surface area contributed by atoms with Gasteiger partial charge in [-0.15, -0.1) is 11.3 Å². The van der Waals surface area contributed by atoms with Gasteiger partial charge in [0.05, 0.1) is 17.6 Å². The molecule has 1 aliphatic rings. The third-order valence-electron chi connectivity index (χ3n) is 6.19. The van der Waals surface area contributed by atoms with Crippen molar-refractivity contribution < 1.29 is 22.7 Å². The molecule has 4 rings (SSSR count). The van der Waals surface area contributed by atoms with Gasteiger partial charge in [0.25, 0.3) is 0 Å². The van der Waals surface area contributed by atoms with Crippen LogP contribution < -0.4 is 5.32 Å². The normalized spacial score (nSPS) is 15.5. The third kappa shape index (κ3) is 4.53. The van der Waals surface area contributed by atoms with Gasteiger partial charge in [-0.2, -0.15) is 4.31 Å². The van der Waals surface area contributed by atoms with Crippen molar-refractivity contribution in [3.8, 4) is 0 Å². The van der Waals surface area contributed by atoms with Crippen LogP contribution in [-0.2, 0) is 19.6 Å². The van der Waals surface area contributed by atoms with Crippen LogP contribution in [0.2, 0.25) is 0 Å². The summed E-state index contributed by atoms with van der Waals surface area (Å²) >= 11 is 1.34. The van der Waals surface area contributed by atoms with Crippen molar-refractivity contribution in [3.63, 3.8) is 0 Å². The number of benzene rings is 2. The molecule has 33 heavy (non-hydrogen) atoms. The number of esters is 1. The van der Waals surface area contributed by atoms with Crippen molar-refractivity contribution in [1.82, 2.24) is 4.31 Å². The Balaban J connectivity index is 1.45. The third-order valence-corrected chi connectivity index (χ3v) is 9.21. The summed E-state index contributed by atoms with van der Waals surface area (Å²) in [5.41, 5.74) is 1.17. The monoisotopic (exact) mass is 486 g/mol. The Morgan fingerprint density at radius 1 is 1.06 bits per heavy atom. The van der Waals surface area contributed by atoms with Gasteiger partial charge < -0.3 is 10.1 Å². The number of methoxy groups -OCH3 is 1. The molecule has 1 aromatic heterocycles. The Kier molecular flexibility index (Phi) is 6.56. The smallest absolute Gasteiger partial charge is 0.341 e. The molecule has 1 saturated heterocycles. The molecule has 0 unspecified atom stereocenters. The SMILES string of the molecule is COC(=O)c1c(NC(=O)C2CCN(S(=O)(=O)c3ccc4ccccc4c3)CC2)sc(C)c1C. The summed E-state index contributed by atoms with van der Waals surface area (Å²) in [6.07, 6.45) is 0.824. The molecule has 174 valence electrons. The van der Waals surface area contributed by atoms with E-state index in [4.69, 9.17) is 4.74 Å². The average molecular weight is 487 g/mol. The maximum Gasteiger partial charge on any atom is 0.341 e. The van der Waals surface area contributed by atoms with Gasteiger partial charge in [0.1, 0.15) is 5.00 Å². The highest BCUT2D eigenvalue weighted by Gasteiger charge is 2.33. The lowest BCUT2D eigenvalue weighted by Gasteiger charge is -2.30. The second-order valence-corrected chi connectivity index (χ2v) is 11.3. The topological polar surface area (TPSA) is 92.8 Å². The summed E-state index contributed by atoms with van der Waals surface area (Å²) in [5.74, 6) is -1.02. The van der Waals surface area contributed by atoms with Crippen LogP contribution >= 0.6 is 11.3 Å². The van der Waals surface area contributed by atoms with E-state index in [0.29, 0.717) is 23.4 Å². The Morgan fingerprint density at radius 2 is 1.73 bits per heavy atom. The van der Waals surface area contributed by atoms with Crippen LogP contribution in [0.25, 0.3) is 10.8 Å². The van der Waals surface area contributed by atoms with Crippen molar-refractivity contribution in [2.75, 3.05) is 25.5 Å². The summed E-state index contributed by atoms with van der Waals surface area (Å²) in [4.78, 5) is 26.2. The number of carbonyl (C=O) groups is 2. The summed E-state index contributed by atoms with van der Waals surface area (Å²) in [7, 11) is -2.33. The number of aryl methyl sites for hydroxylation is 1. The second kappa shape index (κ2) is 9.24. The fourth-order valence-electron chi connectivity index (χ4n) is 4.11. The molecule has 0 bridgehead atoms. The van der Waals surface area contributed by atoms with E-state index in [9.17, 15) is 18.0 Å². The number of hydrogen-bond donors (Lipinski definition) is 1. The molecule has 0 saturated carbocycles. The highest BCUT2D eigenvalue weighted by molar-refractivity contribution is 7.89. The van der Waals surface area contributed by atoms with Crippen LogP contribution in [0.1, 0.15) is 33.6 Å². The molecule has 0 atom stereocenters. The quantitative estimate of drug-likeness (QED) is 0.542. The number of hydrogen-bond acceptors (Lipinski definition) is 6. The van der Waals surface area contributed by atoms with Crippen molar-refractivity contribution in [3.05, 3.63) is 58.5 Å². The first-order chi connectivity index (χ1) is 15.7. The van der Waals surface area contributed by atoms with Gasteiger partial charge in [-0.05, 0) is 55.2 Å². The van der Waals surface area contributed by atoms with E-state index in [2.05, 4.69) is 5.32 Å². The van der Waals surface area contributed by atoms with E-state index in [1.165, 1.54) is 22.8 Å². The summed E-state index contributed by atoms with van der Waals surface area (Å²) < 4.78 is 32.6. The minimum absolute atomic E-state index is 0.204. The van der Waals surface area contributed by atoms with E-state index >= 15 is 0 Å². The van der Waals surface area contributed by atoms with Crippen LogP contribution in [0.5, 0.6) is 0 Å². The van der Waals surface area contributed by atoms with Crippen LogP contribution in [-0.4, -0.2) is 44.8 Å². The molecule has 2 heterocycles. The number of piperidine rings is 1. The maximum absolute atomic E-state index is 13.2. The zero-order valence-electron chi connectivity index (χ0n) is 18.8. The van der Waals surface area contributed by atoms with Crippen molar-refractivity contribution in [2.45, 2.75) is 31.6 Å². The van der Waals surface area contributed by atoms with Crippen LogP contribution in [0.4, 0.5) is 5.00 Å². The minimum Gasteiger partial charge on any atom is -0.465 e. The van der Waals surface area contributed by atoms with E-state index in [1.54, 1.807) is 12.1 Å². The Morgan fingerprint density at radius 3 is 2.39 bits per heavy atom. The van der Waals surface area contributed by atoms with Crippen molar-refractivity contribution in [2.24, 2.45) is 5.92 Å². The zero-order chi connectivity index (χ0) is 23.8. The second-order valence-electron chi connectivity index (χ2n) is 8.16.